The molecule has 0 N–H and O–H groups in total. The Bertz CT molecular complexity index is 173. The van der Waals surface area contributed by atoms with Gasteiger partial charge in [0.15, 0.2) is 0 Å². The number of hydrogen-bond acceptors (Lipinski definition) is 2. The summed E-state index contributed by atoms with van der Waals surface area (Å²) >= 11 is 0. The molecule has 0 saturated heterocycles. The molecule has 0 rings (SSSR count). The largest absolute Gasteiger partial charge is 0.172 e. The topological polar surface area (TPSA) is 37.1 Å². The van der Waals surface area contributed by atoms with Gasteiger partial charge in [0.25, 0.3) is 0 Å². The van der Waals surface area contributed by atoms with Crippen molar-refractivity contribution < 1.29 is 0 Å². The molecule has 0 aromatic carbocycles. The first-order valence-corrected chi connectivity index (χ1v) is 5.03. The van der Waals surface area contributed by atoms with E-state index in [0.717, 1.165) is 18.1 Å². The molecule has 1 atom stereocenters. The minimum Gasteiger partial charge on any atom is -0.172 e. The molecule has 13 heavy (non-hydrogen) atoms. The lowest BCUT2D eigenvalue weighted by Gasteiger charge is -2.08. The smallest absolute Gasteiger partial charge is 0.0509 e. The Morgan fingerprint density at radius 2 is 2.08 bits per heavy atom. The van der Waals surface area contributed by atoms with E-state index in [-0.39, 0.29) is 0 Å². The minimum atomic E-state index is 0.718. The predicted octanol–water partition coefficient (Wildman–Crippen LogP) is 3.66. The van der Waals surface area contributed by atoms with E-state index in [9.17, 15) is 0 Å². The lowest BCUT2D eigenvalue weighted by Crippen LogP contribution is -2.01. The van der Waals surface area contributed by atoms with Crippen LogP contribution in [-0.2, 0) is 0 Å². The second-order valence-corrected chi connectivity index (χ2v) is 3.58. The van der Waals surface area contributed by atoms with Crippen molar-refractivity contribution in [1.82, 2.24) is 0 Å². The Kier molecular flexibility index (Phi) is 7.45. The van der Waals surface area contributed by atoms with E-state index in [0.29, 0.717) is 0 Å². The van der Waals surface area contributed by atoms with E-state index in [1.165, 1.54) is 19.3 Å². The molecule has 76 valence electrons. The van der Waals surface area contributed by atoms with Gasteiger partial charge >= 0.3 is 0 Å². The van der Waals surface area contributed by atoms with E-state index in [4.69, 9.17) is 0 Å². The van der Waals surface area contributed by atoms with Crippen LogP contribution in [0.5, 0.6) is 0 Å². The van der Waals surface area contributed by atoms with E-state index in [1.807, 2.05) is 6.92 Å². The predicted molar refractivity (Wildman–Crippen MR) is 57.2 cm³/mol. The molecular weight excluding hydrogens is 162 g/mol. The molecule has 0 aromatic rings. The normalized spacial score (nSPS) is 15.2. The van der Waals surface area contributed by atoms with Gasteiger partial charge in [0.1, 0.15) is 0 Å². The molecule has 3 heteroatoms. The Hall–Kier alpha value is -0.730. The molecule has 0 aliphatic rings. The van der Waals surface area contributed by atoms with Gasteiger partial charge in [-0.25, -0.2) is 0 Å². The minimum absolute atomic E-state index is 0.718. The van der Waals surface area contributed by atoms with Crippen molar-refractivity contribution >= 4 is 5.71 Å². The maximum atomic E-state index is 3.97. The number of rotatable bonds is 6. The highest BCUT2D eigenvalue weighted by Gasteiger charge is 2.02. The van der Waals surface area contributed by atoms with Gasteiger partial charge in [-0.1, -0.05) is 38.3 Å². The van der Waals surface area contributed by atoms with Gasteiger partial charge in [0.2, 0.25) is 0 Å². The molecular formula is C10H21N3. The first-order chi connectivity index (χ1) is 6.20. The molecule has 1 unspecified atom stereocenters. The fourth-order valence-electron chi connectivity index (χ4n) is 1.32. The molecule has 0 radical (unpaired) electrons. The second kappa shape index (κ2) is 7.90. The monoisotopic (exact) mass is 183 g/mol. The summed E-state index contributed by atoms with van der Waals surface area (Å²) in [6.07, 6.45) is 4.91. The van der Waals surface area contributed by atoms with Gasteiger partial charge in [-0.15, -0.1) is 5.10 Å². The number of unbranched alkanes of at least 4 members (excludes halogenated alkanes) is 1. The van der Waals surface area contributed by atoms with Crippen LogP contribution in [0.4, 0.5) is 0 Å². The summed E-state index contributed by atoms with van der Waals surface area (Å²) in [6, 6.07) is 0. The molecule has 0 fully saturated rings. The maximum absolute atomic E-state index is 3.97. The van der Waals surface area contributed by atoms with E-state index in [2.05, 4.69) is 29.3 Å². The average molecular weight is 183 g/mol. The SMILES string of the molecule is CCCCC(C)C/C(C)=N\N=N/C. The third kappa shape index (κ3) is 7.62. The van der Waals surface area contributed by atoms with Crippen LogP contribution in [0.15, 0.2) is 15.4 Å². The molecule has 0 aliphatic carbocycles. The van der Waals surface area contributed by atoms with Crippen LogP contribution in [0.2, 0.25) is 0 Å². The second-order valence-electron chi connectivity index (χ2n) is 3.58. The molecule has 0 aliphatic heterocycles. The van der Waals surface area contributed by atoms with Crippen LogP contribution >= 0.6 is 0 Å². The summed E-state index contributed by atoms with van der Waals surface area (Å²) < 4.78 is 0. The van der Waals surface area contributed by atoms with Crippen LogP contribution in [0, 0.1) is 5.92 Å². The molecule has 0 amide bonds. The molecule has 0 bridgehead atoms. The highest BCUT2D eigenvalue weighted by atomic mass is 15.4. The number of hydrogen-bond donors (Lipinski definition) is 0. The van der Waals surface area contributed by atoms with E-state index < -0.39 is 0 Å². The van der Waals surface area contributed by atoms with Crippen molar-refractivity contribution in [3.8, 4) is 0 Å². The van der Waals surface area contributed by atoms with Crippen molar-refractivity contribution in [2.45, 2.75) is 46.5 Å². The van der Waals surface area contributed by atoms with Crippen LogP contribution in [-0.4, -0.2) is 12.8 Å². The average Bonchev–Trinajstić information content (AvgIpc) is 2.11. The molecule has 0 heterocycles. The van der Waals surface area contributed by atoms with Crippen molar-refractivity contribution in [1.29, 1.82) is 0 Å². The zero-order chi connectivity index (χ0) is 10.1. The molecule has 3 nitrogen and oxygen atoms in total. The molecule has 0 saturated carbocycles. The Balaban J connectivity index is 3.70. The quantitative estimate of drug-likeness (QED) is 0.342. The summed E-state index contributed by atoms with van der Waals surface area (Å²) in [5.74, 6) is 0.718. The molecule has 0 aromatic heterocycles. The fraction of sp³-hybridized carbons (Fsp3) is 0.900. The van der Waals surface area contributed by atoms with Gasteiger partial charge in [-0.05, 0) is 19.3 Å². The highest BCUT2D eigenvalue weighted by molar-refractivity contribution is 5.81. The van der Waals surface area contributed by atoms with Gasteiger partial charge in [0, 0.05) is 5.71 Å². The lowest BCUT2D eigenvalue weighted by atomic mass is 9.99. The van der Waals surface area contributed by atoms with Gasteiger partial charge in [-0.2, -0.15) is 5.11 Å². The first-order valence-electron chi connectivity index (χ1n) is 5.03. The van der Waals surface area contributed by atoms with Crippen molar-refractivity contribution in [3.63, 3.8) is 0 Å². The van der Waals surface area contributed by atoms with Crippen LogP contribution in [0.1, 0.15) is 46.5 Å². The summed E-state index contributed by atoms with van der Waals surface area (Å²) in [5, 5.41) is 11.2. The third-order valence-corrected chi connectivity index (χ3v) is 2.00. The summed E-state index contributed by atoms with van der Waals surface area (Å²) in [4.78, 5) is 0. The Labute approximate surface area is 81.3 Å². The van der Waals surface area contributed by atoms with Crippen LogP contribution < -0.4 is 0 Å². The third-order valence-electron chi connectivity index (χ3n) is 2.00. The van der Waals surface area contributed by atoms with Crippen molar-refractivity contribution in [3.05, 3.63) is 0 Å². The van der Waals surface area contributed by atoms with E-state index >= 15 is 0 Å². The van der Waals surface area contributed by atoms with Gasteiger partial charge < -0.3 is 0 Å². The zero-order valence-electron chi connectivity index (χ0n) is 9.25. The van der Waals surface area contributed by atoms with Gasteiger partial charge in [-0.3, -0.25) is 0 Å². The van der Waals surface area contributed by atoms with Crippen molar-refractivity contribution in [2.75, 3.05) is 7.05 Å². The standard InChI is InChI=1S/C10H21N3/c1-5-6-7-9(2)8-10(3)12-13-11-4/h9H,5-8H2,1-4H3/b12-10-,13-11-. The lowest BCUT2D eigenvalue weighted by molar-refractivity contribution is 0.521. The number of nitrogens with zero attached hydrogens (tertiary/aromatic N) is 3. The summed E-state index contributed by atoms with van der Waals surface area (Å²) in [6.45, 7) is 6.49. The first kappa shape index (κ1) is 12.3. The van der Waals surface area contributed by atoms with Crippen LogP contribution in [0.25, 0.3) is 0 Å². The maximum Gasteiger partial charge on any atom is 0.0509 e. The fourth-order valence-corrected chi connectivity index (χ4v) is 1.32. The van der Waals surface area contributed by atoms with Crippen molar-refractivity contribution in [2.24, 2.45) is 21.4 Å². The summed E-state index contributed by atoms with van der Waals surface area (Å²) in [7, 11) is 1.64. The van der Waals surface area contributed by atoms with Crippen LogP contribution in [0.3, 0.4) is 0 Å². The zero-order valence-corrected chi connectivity index (χ0v) is 9.25. The Morgan fingerprint density at radius 3 is 2.62 bits per heavy atom. The molecule has 0 spiro atoms. The summed E-state index contributed by atoms with van der Waals surface area (Å²) in [5.41, 5.74) is 1.08. The van der Waals surface area contributed by atoms with Gasteiger partial charge in [0.05, 0.1) is 7.05 Å². The Morgan fingerprint density at radius 1 is 1.38 bits per heavy atom. The van der Waals surface area contributed by atoms with E-state index in [1.54, 1.807) is 7.05 Å². The highest BCUT2D eigenvalue weighted by Crippen LogP contribution is 2.12.